The van der Waals surface area contributed by atoms with Crippen LogP contribution in [0.25, 0.3) is 0 Å². The molecule has 1 N–H and O–H groups in total. The highest BCUT2D eigenvalue weighted by Crippen LogP contribution is 2.27. The Hall–Kier alpha value is -0.290. The Kier molecular flexibility index (Phi) is 6.62. The lowest BCUT2D eigenvalue weighted by molar-refractivity contribution is 0.144. The van der Waals surface area contributed by atoms with Crippen LogP contribution in [0.4, 0.5) is 0 Å². The maximum Gasteiger partial charge on any atom is 0.133 e. The lowest BCUT2D eigenvalue weighted by Gasteiger charge is -2.33. The van der Waals surface area contributed by atoms with Crippen LogP contribution in [0.3, 0.4) is 0 Å². The van der Waals surface area contributed by atoms with Crippen molar-refractivity contribution in [2.24, 2.45) is 0 Å². The van der Waals surface area contributed by atoms with Crippen molar-refractivity contribution in [2.45, 2.75) is 25.8 Å². The molecule has 0 saturated carbocycles. The van der Waals surface area contributed by atoms with Crippen molar-refractivity contribution in [3.05, 3.63) is 27.7 Å². The van der Waals surface area contributed by atoms with Crippen LogP contribution in [0.1, 0.15) is 19.8 Å². The van der Waals surface area contributed by atoms with E-state index in [0.29, 0.717) is 17.7 Å². The van der Waals surface area contributed by atoms with E-state index in [2.05, 4.69) is 33.1 Å². The average Bonchev–Trinajstić information content (AvgIpc) is 2.46. The first-order valence-corrected chi connectivity index (χ1v) is 8.40. The van der Waals surface area contributed by atoms with Crippen molar-refractivity contribution in [1.82, 2.24) is 10.2 Å². The van der Waals surface area contributed by atoms with Crippen LogP contribution in [0.5, 0.6) is 5.75 Å². The standard InChI is InChI=1S/C15H22BrClN2O/c1-2-19(13-4-3-7-18-11-13)8-9-20-15-6-5-12(17)10-14(15)16/h5-6,10,13,18H,2-4,7-9,11H2,1H3. The number of nitrogens with zero attached hydrogens (tertiary/aromatic N) is 1. The number of ether oxygens (including phenoxy) is 1. The van der Waals surface area contributed by atoms with Gasteiger partial charge in [0, 0.05) is 24.2 Å². The van der Waals surface area contributed by atoms with E-state index < -0.39 is 0 Å². The van der Waals surface area contributed by atoms with Gasteiger partial charge >= 0.3 is 0 Å². The SMILES string of the molecule is CCN(CCOc1ccc(Cl)cc1Br)C1CCCNC1. The summed E-state index contributed by atoms with van der Waals surface area (Å²) in [4.78, 5) is 2.50. The molecule has 3 nitrogen and oxygen atoms in total. The van der Waals surface area contributed by atoms with Crippen molar-refractivity contribution in [3.8, 4) is 5.75 Å². The molecule has 1 fully saturated rings. The summed E-state index contributed by atoms with van der Waals surface area (Å²) >= 11 is 9.40. The lowest BCUT2D eigenvalue weighted by Crippen LogP contribution is -2.47. The van der Waals surface area contributed by atoms with Crippen LogP contribution in [0, 0.1) is 0 Å². The summed E-state index contributed by atoms with van der Waals surface area (Å²) in [7, 11) is 0. The first kappa shape index (κ1) is 16.1. The second kappa shape index (κ2) is 8.23. The molecule has 1 aliphatic rings. The Balaban J connectivity index is 1.81. The summed E-state index contributed by atoms with van der Waals surface area (Å²) in [5.41, 5.74) is 0. The van der Waals surface area contributed by atoms with E-state index in [0.717, 1.165) is 36.4 Å². The molecule has 1 heterocycles. The van der Waals surface area contributed by atoms with Gasteiger partial charge in [-0.05, 0) is 60.1 Å². The Morgan fingerprint density at radius 3 is 3.00 bits per heavy atom. The molecular formula is C15H22BrClN2O. The second-order valence-corrected chi connectivity index (χ2v) is 6.34. The van der Waals surface area contributed by atoms with Gasteiger partial charge in [-0.1, -0.05) is 18.5 Å². The minimum absolute atomic E-state index is 0.644. The van der Waals surface area contributed by atoms with Crippen molar-refractivity contribution in [2.75, 3.05) is 32.8 Å². The van der Waals surface area contributed by atoms with Gasteiger partial charge in [-0.15, -0.1) is 0 Å². The third-order valence-corrected chi connectivity index (χ3v) is 4.58. The molecule has 1 aromatic rings. The molecule has 112 valence electrons. The summed E-state index contributed by atoms with van der Waals surface area (Å²) < 4.78 is 6.76. The van der Waals surface area contributed by atoms with Crippen LogP contribution >= 0.6 is 27.5 Å². The zero-order chi connectivity index (χ0) is 14.4. The van der Waals surface area contributed by atoms with Gasteiger partial charge in [-0.3, -0.25) is 4.90 Å². The Morgan fingerprint density at radius 1 is 1.50 bits per heavy atom. The predicted molar refractivity (Wildman–Crippen MR) is 87.8 cm³/mol. The minimum Gasteiger partial charge on any atom is -0.491 e. The number of piperidine rings is 1. The van der Waals surface area contributed by atoms with Crippen LogP contribution in [0.2, 0.25) is 5.02 Å². The number of benzene rings is 1. The molecule has 0 amide bonds. The van der Waals surface area contributed by atoms with Crippen LogP contribution < -0.4 is 10.1 Å². The van der Waals surface area contributed by atoms with E-state index in [4.69, 9.17) is 16.3 Å². The molecule has 1 saturated heterocycles. The monoisotopic (exact) mass is 360 g/mol. The highest BCUT2D eigenvalue weighted by atomic mass is 79.9. The summed E-state index contributed by atoms with van der Waals surface area (Å²) in [6, 6.07) is 6.26. The zero-order valence-corrected chi connectivity index (χ0v) is 14.2. The Labute approximate surface area is 134 Å². The molecule has 5 heteroatoms. The fourth-order valence-corrected chi connectivity index (χ4v) is 3.41. The molecule has 1 atom stereocenters. The van der Waals surface area contributed by atoms with E-state index in [1.165, 1.54) is 12.8 Å². The highest BCUT2D eigenvalue weighted by Gasteiger charge is 2.19. The van der Waals surface area contributed by atoms with Gasteiger partial charge in [0.2, 0.25) is 0 Å². The quantitative estimate of drug-likeness (QED) is 0.838. The van der Waals surface area contributed by atoms with Crippen molar-refractivity contribution < 1.29 is 4.74 Å². The fourth-order valence-electron chi connectivity index (χ4n) is 2.61. The number of rotatable bonds is 6. The molecule has 0 aliphatic carbocycles. The van der Waals surface area contributed by atoms with Gasteiger partial charge in [-0.2, -0.15) is 0 Å². The lowest BCUT2D eigenvalue weighted by atomic mass is 10.1. The molecular weight excluding hydrogens is 340 g/mol. The number of nitrogens with one attached hydrogen (secondary N) is 1. The van der Waals surface area contributed by atoms with E-state index in [9.17, 15) is 0 Å². The van der Waals surface area contributed by atoms with Gasteiger partial charge in [-0.25, -0.2) is 0 Å². The van der Waals surface area contributed by atoms with Gasteiger partial charge in [0.25, 0.3) is 0 Å². The smallest absolute Gasteiger partial charge is 0.133 e. The molecule has 1 aliphatic heterocycles. The van der Waals surface area contributed by atoms with E-state index >= 15 is 0 Å². The first-order valence-electron chi connectivity index (χ1n) is 7.23. The Bertz CT molecular complexity index is 424. The van der Waals surface area contributed by atoms with E-state index in [1.54, 1.807) is 0 Å². The fraction of sp³-hybridized carbons (Fsp3) is 0.600. The largest absolute Gasteiger partial charge is 0.491 e. The van der Waals surface area contributed by atoms with Gasteiger partial charge in [0.15, 0.2) is 0 Å². The summed E-state index contributed by atoms with van der Waals surface area (Å²) in [6.07, 6.45) is 2.55. The number of hydrogen-bond acceptors (Lipinski definition) is 3. The van der Waals surface area contributed by atoms with Gasteiger partial charge in [0.05, 0.1) is 4.47 Å². The van der Waals surface area contributed by atoms with Gasteiger partial charge < -0.3 is 10.1 Å². The number of halogens is 2. The van der Waals surface area contributed by atoms with E-state index in [1.807, 2.05) is 18.2 Å². The summed E-state index contributed by atoms with van der Waals surface area (Å²) in [5.74, 6) is 0.854. The molecule has 2 rings (SSSR count). The van der Waals surface area contributed by atoms with E-state index in [-0.39, 0.29) is 0 Å². The number of likely N-dealkylation sites (N-methyl/N-ethyl adjacent to an activating group) is 1. The van der Waals surface area contributed by atoms with Crippen LogP contribution in [-0.2, 0) is 0 Å². The maximum absolute atomic E-state index is 5.92. The molecule has 0 radical (unpaired) electrons. The van der Waals surface area contributed by atoms with Gasteiger partial charge in [0.1, 0.15) is 12.4 Å². The molecule has 0 spiro atoms. The first-order chi connectivity index (χ1) is 9.70. The minimum atomic E-state index is 0.644. The molecule has 0 aromatic heterocycles. The maximum atomic E-state index is 5.92. The van der Waals surface area contributed by atoms with Crippen molar-refractivity contribution >= 4 is 27.5 Å². The third kappa shape index (κ3) is 4.62. The van der Waals surface area contributed by atoms with Crippen LogP contribution in [0.15, 0.2) is 22.7 Å². The average molecular weight is 362 g/mol. The highest BCUT2D eigenvalue weighted by molar-refractivity contribution is 9.10. The molecule has 20 heavy (non-hydrogen) atoms. The predicted octanol–water partition coefficient (Wildman–Crippen LogP) is 3.56. The van der Waals surface area contributed by atoms with Crippen molar-refractivity contribution in [1.29, 1.82) is 0 Å². The number of hydrogen-bond donors (Lipinski definition) is 1. The molecule has 0 bridgehead atoms. The topological polar surface area (TPSA) is 24.5 Å². The second-order valence-electron chi connectivity index (χ2n) is 5.05. The molecule has 1 aromatic carbocycles. The zero-order valence-electron chi connectivity index (χ0n) is 11.9. The normalized spacial score (nSPS) is 19.3. The third-order valence-electron chi connectivity index (χ3n) is 3.72. The summed E-state index contributed by atoms with van der Waals surface area (Å²) in [5, 5.41) is 4.18. The summed E-state index contributed by atoms with van der Waals surface area (Å²) in [6.45, 7) is 7.19. The van der Waals surface area contributed by atoms with Crippen LogP contribution in [-0.4, -0.2) is 43.7 Å². The van der Waals surface area contributed by atoms with Crippen molar-refractivity contribution in [3.63, 3.8) is 0 Å². The Morgan fingerprint density at radius 2 is 2.35 bits per heavy atom. The molecule has 1 unspecified atom stereocenters.